The summed E-state index contributed by atoms with van der Waals surface area (Å²) < 4.78 is 6.29. The Bertz CT molecular complexity index is 124. The van der Waals surface area contributed by atoms with Crippen molar-refractivity contribution in [1.29, 1.82) is 0 Å². The second kappa shape index (κ2) is 3.11. The highest BCUT2D eigenvalue weighted by atomic mass is 16.6. The average molecular weight is 158 g/mol. The molecule has 0 amide bonds. The molecule has 1 aliphatic rings. The predicted octanol–water partition coefficient (Wildman–Crippen LogP) is 1.26. The zero-order valence-corrected chi connectivity index (χ0v) is 8.13. The molecule has 0 aromatic heterocycles. The molecule has 0 N–H and O–H groups in total. The molecule has 2 nitrogen and oxygen atoms in total. The first-order valence-electron chi connectivity index (χ1n) is 4.46. The van der Waals surface area contributed by atoms with Gasteiger partial charge in [-0.2, -0.15) is 0 Å². The molecule has 0 bridgehead atoms. The fourth-order valence-corrected chi connectivity index (χ4v) is 1.54. The van der Waals surface area contributed by atoms with Crippen LogP contribution in [0.4, 0.5) is 0 Å². The van der Waals surface area contributed by atoms with Gasteiger partial charge in [0, 0.05) is 6.42 Å². The lowest BCUT2D eigenvalue weighted by molar-refractivity contribution is -0.896. The van der Waals surface area contributed by atoms with E-state index in [1.807, 2.05) is 0 Å². The van der Waals surface area contributed by atoms with Gasteiger partial charge in [0.15, 0.2) is 0 Å². The Morgan fingerprint density at radius 1 is 1.45 bits per heavy atom. The third-order valence-electron chi connectivity index (χ3n) is 2.50. The molecule has 0 aliphatic carbocycles. The minimum absolute atomic E-state index is 0.581. The van der Waals surface area contributed by atoms with Crippen molar-refractivity contribution in [2.75, 3.05) is 27.7 Å². The molecule has 1 heterocycles. The maximum Gasteiger partial charge on any atom is 0.0907 e. The Kier molecular flexibility index (Phi) is 2.55. The molecule has 0 saturated carbocycles. The Morgan fingerprint density at radius 3 is 2.27 bits per heavy atom. The number of epoxide rings is 1. The van der Waals surface area contributed by atoms with Crippen LogP contribution in [0, 0.1) is 0 Å². The molecular formula is C9H20NO+. The summed E-state index contributed by atoms with van der Waals surface area (Å²) in [6.07, 6.45) is 3.07. The summed E-state index contributed by atoms with van der Waals surface area (Å²) in [5.74, 6) is 0. The van der Waals surface area contributed by atoms with Crippen LogP contribution < -0.4 is 0 Å². The van der Waals surface area contributed by atoms with Crippen LogP contribution in [0.25, 0.3) is 0 Å². The van der Waals surface area contributed by atoms with Gasteiger partial charge in [0.1, 0.15) is 0 Å². The molecule has 0 aromatic carbocycles. The van der Waals surface area contributed by atoms with Crippen molar-refractivity contribution in [2.24, 2.45) is 0 Å². The van der Waals surface area contributed by atoms with Gasteiger partial charge in [0.2, 0.25) is 0 Å². The Morgan fingerprint density at radius 2 is 2.00 bits per heavy atom. The topological polar surface area (TPSA) is 12.5 Å². The van der Waals surface area contributed by atoms with E-state index in [0.29, 0.717) is 6.10 Å². The van der Waals surface area contributed by atoms with Gasteiger partial charge in [-0.3, -0.25) is 0 Å². The molecule has 2 heteroatoms. The minimum Gasteiger partial charge on any atom is -0.373 e. The van der Waals surface area contributed by atoms with E-state index in [4.69, 9.17) is 4.74 Å². The minimum atomic E-state index is 0.581. The van der Waals surface area contributed by atoms with E-state index in [9.17, 15) is 0 Å². The van der Waals surface area contributed by atoms with Crippen molar-refractivity contribution >= 4 is 0 Å². The summed E-state index contributed by atoms with van der Waals surface area (Å²) in [6.45, 7) is 3.26. The highest BCUT2D eigenvalue weighted by Gasteiger charge is 2.31. The summed E-state index contributed by atoms with van der Waals surface area (Å²) in [6, 6.07) is 0.766. The Balaban J connectivity index is 2.34. The normalized spacial score (nSPS) is 26.7. The number of hydrogen-bond acceptors (Lipinski definition) is 1. The summed E-state index contributed by atoms with van der Waals surface area (Å²) in [7, 11) is 6.78. The number of rotatable bonds is 4. The van der Waals surface area contributed by atoms with E-state index < -0.39 is 0 Å². The van der Waals surface area contributed by atoms with Crippen LogP contribution in [0.3, 0.4) is 0 Å². The largest absolute Gasteiger partial charge is 0.373 e. The van der Waals surface area contributed by atoms with Gasteiger partial charge in [-0.15, -0.1) is 0 Å². The molecular weight excluding hydrogens is 138 g/mol. The van der Waals surface area contributed by atoms with Crippen molar-refractivity contribution < 1.29 is 9.22 Å². The molecule has 1 rings (SSSR count). The molecule has 2 atom stereocenters. The van der Waals surface area contributed by atoms with Crippen LogP contribution >= 0.6 is 0 Å². The first-order valence-corrected chi connectivity index (χ1v) is 4.46. The van der Waals surface area contributed by atoms with Gasteiger partial charge in [-0.1, -0.05) is 6.92 Å². The maximum absolute atomic E-state index is 5.23. The van der Waals surface area contributed by atoms with Gasteiger partial charge in [-0.05, 0) is 6.42 Å². The number of hydrogen-bond donors (Lipinski definition) is 0. The first kappa shape index (κ1) is 9.01. The maximum atomic E-state index is 5.23. The molecule has 1 saturated heterocycles. The SMILES string of the molecule is CCC(CC1CO1)[N+](C)(C)C. The molecule has 2 unspecified atom stereocenters. The summed E-state index contributed by atoms with van der Waals surface area (Å²) in [5, 5.41) is 0. The van der Waals surface area contributed by atoms with Crippen molar-refractivity contribution in [3.05, 3.63) is 0 Å². The van der Waals surface area contributed by atoms with Crippen LogP contribution in [0.15, 0.2) is 0 Å². The highest BCUT2D eigenvalue weighted by molar-refractivity contribution is 4.73. The smallest absolute Gasteiger partial charge is 0.0907 e. The second-order valence-corrected chi connectivity index (χ2v) is 4.37. The molecule has 1 fully saturated rings. The van der Waals surface area contributed by atoms with Crippen molar-refractivity contribution in [3.8, 4) is 0 Å². The molecule has 0 radical (unpaired) electrons. The molecule has 0 aromatic rings. The van der Waals surface area contributed by atoms with Crippen LogP contribution in [-0.4, -0.2) is 44.4 Å². The molecule has 11 heavy (non-hydrogen) atoms. The third kappa shape index (κ3) is 2.80. The van der Waals surface area contributed by atoms with Gasteiger partial charge >= 0.3 is 0 Å². The van der Waals surface area contributed by atoms with Gasteiger partial charge in [-0.25, -0.2) is 0 Å². The van der Waals surface area contributed by atoms with E-state index in [0.717, 1.165) is 17.1 Å². The third-order valence-corrected chi connectivity index (χ3v) is 2.50. The molecule has 66 valence electrons. The number of ether oxygens (including phenoxy) is 1. The lowest BCUT2D eigenvalue weighted by atomic mass is 10.1. The molecule has 0 spiro atoms. The lowest BCUT2D eigenvalue weighted by Gasteiger charge is -2.33. The van der Waals surface area contributed by atoms with Crippen LogP contribution in [0.2, 0.25) is 0 Å². The van der Waals surface area contributed by atoms with Crippen molar-refractivity contribution in [1.82, 2.24) is 0 Å². The second-order valence-electron chi connectivity index (χ2n) is 4.37. The van der Waals surface area contributed by atoms with Crippen LogP contribution in [-0.2, 0) is 4.74 Å². The van der Waals surface area contributed by atoms with Gasteiger partial charge in [0.05, 0.1) is 39.9 Å². The first-order chi connectivity index (χ1) is 5.04. The molecule has 1 aliphatic heterocycles. The summed E-state index contributed by atoms with van der Waals surface area (Å²) in [4.78, 5) is 0. The Labute approximate surface area is 69.7 Å². The quantitative estimate of drug-likeness (QED) is 0.443. The fourth-order valence-electron chi connectivity index (χ4n) is 1.54. The zero-order chi connectivity index (χ0) is 8.48. The number of quaternary nitrogens is 1. The van der Waals surface area contributed by atoms with Crippen LogP contribution in [0.1, 0.15) is 19.8 Å². The summed E-state index contributed by atoms with van der Waals surface area (Å²) in [5.41, 5.74) is 0. The van der Waals surface area contributed by atoms with Crippen molar-refractivity contribution in [2.45, 2.75) is 31.9 Å². The van der Waals surface area contributed by atoms with Gasteiger partial charge < -0.3 is 9.22 Å². The number of nitrogens with zero attached hydrogens (tertiary/aromatic N) is 1. The predicted molar refractivity (Wildman–Crippen MR) is 46.5 cm³/mol. The fraction of sp³-hybridized carbons (Fsp3) is 1.00. The van der Waals surface area contributed by atoms with E-state index >= 15 is 0 Å². The van der Waals surface area contributed by atoms with E-state index in [-0.39, 0.29) is 0 Å². The van der Waals surface area contributed by atoms with E-state index in [1.54, 1.807) is 0 Å². The van der Waals surface area contributed by atoms with Gasteiger partial charge in [0.25, 0.3) is 0 Å². The highest BCUT2D eigenvalue weighted by Crippen LogP contribution is 2.22. The summed E-state index contributed by atoms with van der Waals surface area (Å²) >= 11 is 0. The Hall–Kier alpha value is -0.0800. The van der Waals surface area contributed by atoms with E-state index in [1.165, 1.54) is 12.8 Å². The zero-order valence-electron chi connectivity index (χ0n) is 8.13. The average Bonchev–Trinajstić information content (AvgIpc) is 2.62. The monoisotopic (exact) mass is 158 g/mol. The van der Waals surface area contributed by atoms with E-state index in [2.05, 4.69) is 28.1 Å². The van der Waals surface area contributed by atoms with Crippen molar-refractivity contribution in [3.63, 3.8) is 0 Å². The lowest BCUT2D eigenvalue weighted by Crippen LogP contribution is -2.45. The standard InChI is InChI=1S/C9H20NO/c1-5-8(10(2,3)4)6-9-7-11-9/h8-9H,5-7H2,1-4H3/q+1. The van der Waals surface area contributed by atoms with Crippen LogP contribution in [0.5, 0.6) is 0 Å².